The largest absolute Gasteiger partial charge is 0.369 e. The molecule has 1 aromatic heterocycles. The summed E-state index contributed by atoms with van der Waals surface area (Å²) in [7, 11) is 2.15. The zero-order valence-electron chi connectivity index (χ0n) is 14.3. The van der Waals surface area contributed by atoms with Crippen LogP contribution in [-0.2, 0) is 0 Å². The maximum atomic E-state index is 12.5. The summed E-state index contributed by atoms with van der Waals surface area (Å²) in [6.07, 6.45) is 1.88. The third-order valence-corrected chi connectivity index (χ3v) is 4.81. The fourth-order valence-electron chi connectivity index (χ4n) is 3.22. The van der Waals surface area contributed by atoms with Crippen molar-refractivity contribution < 1.29 is 4.79 Å². The zero-order valence-corrected chi connectivity index (χ0v) is 14.3. The van der Waals surface area contributed by atoms with Crippen molar-refractivity contribution in [3.63, 3.8) is 0 Å². The number of H-pyrrole nitrogens is 1. The van der Waals surface area contributed by atoms with E-state index in [1.54, 1.807) is 0 Å². The Labute approximate surface area is 147 Å². The maximum Gasteiger partial charge on any atom is 0.255 e. The van der Waals surface area contributed by atoms with Crippen LogP contribution in [0.25, 0.3) is 10.9 Å². The number of anilines is 2. The van der Waals surface area contributed by atoms with Crippen LogP contribution >= 0.6 is 0 Å². The van der Waals surface area contributed by atoms with E-state index in [1.807, 2.05) is 42.6 Å². The quantitative estimate of drug-likeness (QED) is 0.773. The molecular weight excluding hydrogens is 312 g/mol. The number of benzene rings is 2. The number of hydrogen-bond donors (Lipinski definition) is 2. The summed E-state index contributed by atoms with van der Waals surface area (Å²) >= 11 is 0. The third kappa shape index (κ3) is 3.37. The van der Waals surface area contributed by atoms with Crippen molar-refractivity contribution in [3.8, 4) is 0 Å². The van der Waals surface area contributed by atoms with Gasteiger partial charge in [-0.2, -0.15) is 0 Å². The normalized spacial score (nSPS) is 15.5. The molecule has 0 spiro atoms. The van der Waals surface area contributed by atoms with Gasteiger partial charge in [-0.05, 0) is 55.6 Å². The van der Waals surface area contributed by atoms with Gasteiger partial charge in [0.15, 0.2) is 0 Å². The molecule has 1 aliphatic rings. The molecule has 2 N–H and O–H groups in total. The summed E-state index contributed by atoms with van der Waals surface area (Å²) in [6.45, 7) is 4.25. The summed E-state index contributed by atoms with van der Waals surface area (Å²) in [6, 6.07) is 15.7. The molecule has 1 aliphatic heterocycles. The van der Waals surface area contributed by atoms with Gasteiger partial charge in [0.05, 0.1) is 0 Å². The first kappa shape index (κ1) is 15.7. The van der Waals surface area contributed by atoms with Gasteiger partial charge in [0, 0.05) is 60.2 Å². The molecule has 25 heavy (non-hydrogen) atoms. The molecule has 0 bridgehead atoms. The number of amides is 1. The minimum absolute atomic E-state index is 0.0875. The molecule has 0 atom stereocenters. The summed E-state index contributed by atoms with van der Waals surface area (Å²) in [5.41, 5.74) is 3.72. The molecule has 2 aromatic carbocycles. The van der Waals surface area contributed by atoms with E-state index in [-0.39, 0.29) is 5.91 Å². The number of carbonyl (C=O) groups is 1. The van der Waals surface area contributed by atoms with Gasteiger partial charge >= 0.3 is 0 Å². The van der Waals surface area contributed by atoms with E-state index in [2.05, 4.69) is 39.3 Å². The number of nitrogens with one attached hydrogen (secondary N) is 2. The number of carbonyl (C=O) groups excluding carboxylic acids is 1. The average molecular weight is 334 g/mol. The Morgan fingerprint density at radius 3 is 2.52 bits per heavy atom. The van der Waals surface area contributed by atoms with Crippen LogP contribution in [0.5, 0.6) is 0 Å². The van der Waals surface area contributed by atoms with Crippen LogP contribution in [0.4, 0.5) is 11.4 Å². The fraction of sp³-hybridized carbons (Fsp3) is 0.250. The monoisotopic (exact) mass is 334 g/mol. The van der Waals surface area contributed by atoms with E-state index in [9.17, 15) is 4.79 Å². The molecule has 0 radical (unpaired) electrons. The van der Waals surface area contributed by atoms with Gasteiger partial charge in [-0.1, -0.05) is 0 Å². The summed E-state index contributed by atoms with van der Waals surface area (Å²) in [5, 5.41) is 4.02. The third-order valence-electron chi connectivity index (χ3n) is 4.81. The molecular formula is C20H22N4O. The van der Waals surface area contributed by atoms with E-state index >= 15 is 0 Å². The zero-order chi connectivity index (χ0) is 17.2. The van der Waals surface area contributed by atoms with E-state index < -0.39 is 0 Å². The second kappa shape index (κ2) is 6.61. The Kier molecular flexibility index (Phi) is 4.15. The van der Waals surface area contributed by atoms with Gasteiger partial charge in [-0.3, -0.25) is 4.79 Å². The number of aromatic nitrogens is 1. The molecule has 5 heteroatoms. The predicted octanol–water partition coefficient (Wildman–Crippen LogP) is 3.17. The first-order valence-electron chi connectivity index (χ1n) is 8.61. The Balaban J connectivity index is 1.44. The van der Waals surface area contributed by atoms with Crippen molar-refractivity contribution >= 4 is 28.2 Å². The Morgan fingerprint density at radius 2 is 1.76 bits per heavy atom. The van der Waals surface area contributed by atoms with Crippen LogP contribution in [-0.4, -0.2) is 49.0 Å². The average Bonchev–Trinajstić information content (AvgIpc) is 3.11. The summed E-state index contributed by atoms with van der Waals surface area (Å²) < 4.78 is 0. The number of rotatable bonds is 3. The smallest absolute Gasteiger partial charge is 0.255 e. The lowest BCUT2D eigenvalue weighted by Gasteiger charge is -2.34. The number of nitrogens with zero attached hydrogens (tertiary/aromatic N) is 2. The highest BCUT2D eigenvalue weighted by Crippen LogP contribution is 2.20. The van der Waals surface area contributed by atoms with Gasteiger partial charge in [0.1, 0.15) is 0 Å². The van der Waals surface area contributed by atoms with Gasteiger partial charge in [-0.25, -0.2) is 0 Å². The highest BCUT2D eigenvalue weighted by molar-refractivity contribution is 6.06. The maximum absolute atomic E-state index is 12.5. The SMILES string of the molecule is CN1CCN(c2ccc(NC(=O)c3ccc4[nH]ccc4c3)cc2)CC1. The van der Waals surface area contributed by atoms with Gasteiger partial charge in [-0.15, -0.1) is 0 Å². The second-order valence-electron chi connectivity index (χ2n) is 6.57. The van der Waals surface area contributed by atoms with Gasteiger partial charge < -0.3 is 20.1 Å². The number of fused-ring (bicyclic) bond motifs is 1. The first-order valence-corrected chi connectivity index (χ1v) is 8.61. The lowest BCUT2D eigenvalue weighted by Crippen LogP contribution is -2.44. The highest BCUT2D eigenvalue weighted by Gasteiger charge is 2.14. The second-order valence-corrected chi connectivity index (χ2v) is 6.57. The Hall–Kier alpha value is -2.79. The van der Waals surface area contributed by atoms with Crippen LogP contribution in [0.15, 0.2) is 54.7 Å². The molecule has 0 saturated carbocycles. The molecule has 4 rings (SSSR count). The van der Waals surface area contributed by atoms with Crippen molar-refractivity contribution in [2.75, 3.05) is 43.4 Å². The number of likely N-dealkylation sites (N-methyl/N-ethyl adjacent to an activating group) is 1. The van der Waals surface area contributed by atoms with Crippen LogP contribution < -0.4 is 10.2 Å². The van der Waals surface area contributed by atoms with E-state index in [0.29, 0.717) is 5.56 Å². The Morgan fingerprint density at radius 1 is 1.00 bits per heavy atom. The van der Waals surface area contributed by atoms with Crippen LogP contribution in [0.3, 0.4) is 0 Å². The molecule has 0 unspecified atom stereocenters. The topological polar surface area (TPSA) is 51.4 Å². The van der Waals surface area contributed by atoms with Crippen molar-refractivity contribution in [3.05, 3.63) is 60.3 Å². The van der Waals surface area contributed by atoms with Crippen LogP contribution in [0.1, 0.15) is 10.4 Å². The summed E-state index contributed by atoms with van der Waals surface area (Å²) in [4.78, 5) is 20.3. The Bertz CT molecular complexity index is 876. The lowest BCUT2D eigenvalue weighted by atomic mass is 10.1. The van der Waals surface area contributed by atoms with Gasteiger partial charge in [0.25, 0.3) is 5.91 Å². The van der Waals surface area contributed by atoms with Crippen LogP contribution in [0.2, 0.25) is 0 Å². The fourth-order valence-corrected chi connectivity index (χ4v) is 3.22. The molecule has 5 nitrogen and oxygen atoms in total. The van der Waals surface area contributed by atoms with Crippen LogP contribution in [0, 0.1) is 0 Å². The van der Waals surface area contributed by atoms with Crippen molar-refractivity contribution in [2.45, 2.75) is 0 Å². The molecule has 128 valence electrons. The molecule has 1 saturated heterocycles. The highest BCUT2D eigenvalue weighted by atomic mass is 16.1. The predicted molar refractivity (Wildman–Crippen MR) is 102 cm³/mol. The van der Waals surface area contributed by atoms with E-state index in [1.165, 1.54) is 5.69 Å². The lowest BCUT2D eigenvalue weighted by molar-refractivity contribution is 0.102. The van der Waals surface area contributed by atoms with Crippen molar-refractivity contribution in [2.24, 2.45) is 0 Å². The number of piperazine rings is 1. The standard InChI is InChI=1S/C20H22N4O/c1-23-10-12-24(13-11-23)18-5-3-17(4-6-18)22-20(25)16-2-7-19-15(14-16)8-9-21-19/h2-9,14,21H,10-13H2,1H3,(H,22,25). The van der Waals surface area contributed by atoms with Gasteiger partial charge in [0.2, 0.25) is 0 Å². The molecule has 1 fully saturated rings. The van der Waals surface area contributed by atoms with E-state index in [0.717, 1.165) is 42.8 Å². The van der Waals surface area contributed by atoms with E-state index in [4.69, 9.17) is 0 Å². The molecule has 2 heterocycles. The van der Waals surface area contributed by atoms with Crippen molar-refractivity contribution in [1.82, 2.24) is 9.88 Å². The summed E-state index contributed by atoms with van der Waals surface area (Å²) in [5.74, 6) is -0.0875. The molecule has 1 amide bonds. The molecule has 3 aromatic rings. The number of hydrogen-bond acceptors (Lipinski definition) is 3. The minimum Gasteiger partial charge on any atom is -0.369 e. The first-order chi connectivity index (χ1) is 12.2. The number of aromatic amines is 1. The van der Waals surface area contributed by atoms with Crippen molar-refractivity contribution in [1.29, 1.82) is 0 Å². The minimum atomic E-state index is -0.0875. The molecule has 0 aliphatic carbocycles.